The minimum absolute atomic E-state index is 0.0114. The van der Waals surface area contributed by atoms with Crippen LogP contribution in [0.1, 0.15) is 13.8 Å². The molecule has 1 N–H and O–H groups in total. The summed E-state index contributed by atoms with van der Waals surface area (Å²) in [6, 6.07) is 4.05. The topological polar surface area (TPSA) is 95.8 Å². The second-order valence-electron chi connectivity index (χ2n) is 5.24. The molecule has 0 spiro atoms. The number of nitrogens with zero attached hydrogens (tertiary/aromatic N) is 3. The molecule has 0 unspecified atom stereocenters. The maximum atomic E-state index is 13.0. The van der Waals surface area contributed by atoms with Crippen molar-refractivity contribution in [3.8, 4) is 0 Å². The van der Waals surface area contributed by atoms with Gasteiger partial charge in [0.2, 0.25) is 10.0 Å². The van der Waals surface area contributed by atoms with Gasteiger partial charge in [-0.3, -0.25) is 10.1 Å². The van der Waals surface area contributed by atoms with Crippen molar-refractivity contribution in [1.82, 2.24) is 9.62 Å². The van der Waals surface area contributed by atoms with E-state index in [-0.39, 0.29) is 10.6 Å². The fraction of sp³-hybridized carbons (Fsp3) is 0.571. The zero-order valence-electron chi connectivity index (χ0n) is 13.4. The second kappa shape index (κ2) is 7.24. The molecule has 0 aromatic heterocycles. The average Bonchev–Trinajstić information content (AvgIpc) is 2.56. The van der Waals surface area contributed by atoms with Crippen LogP contribution in [0, 0.1) is 10.1 Å². The molecule has 1 aromatic rings. The van der Waals surface area contributed by atoms with Crippen molar-refractivity contribution in [2.45, 2.75) is 18.7 Å². The van der Waals surface area contributed by atoms with Gasteiger partial charge in [0.1, 0.15) is 4.90 Å². The number of nitro benzene ring substituents is 1. The van der Waals surface area contributed by atoms with E-state index in [9.17, 15) is 18.5 Å². The van der Waals surface area contributed by atoms with Crippen LogP contribution in [-0.2, 0) is 10.0 Å². The van der Waals surface area contributed by atoms with Crippen LogP contribution in [0.3, 0.4) is 0 Å². The van der Waals surface area contributed by atoms with Crippen LogP contribution in [0.4, 0.5) is 11.4 Å². The SMILES string of the molecule is CCN(CC)c1ccc([N+](=O)[O-])cc1S(=O)(=O)N1CCNCC1. The fourth-order valence-corrected chi connectivity index (χ4v) is 4.34. The molecule has 0 bridgehead atoms. The number of non-ortho nitro benzene ring substituents is 1. The maximum absolute atomic E-state index is 13.0. The average molecular weight is 342 g/mol. The van der Waals surface area contributed by atoms with Crippen LogP contribution in [0.5, 0.6) is 0 Å². The molecule has 0 atom stereocenters. The minimum atomic E-state index is -3.77. The summed E-state index contributed by atoms with van der Waals surface area (Å²) in [4.78, 5) is 12.4. The first-order chi connectivity index (χ1) is 10.9. The van der Waals surface area contributed by atoms with Gasteiger partial charge in [-0.25, -0.2) is 8.42 Å². The third-order valence-corrected chi connectivity index (χ3v) is 5.88. The molecule has 2 rings (SSSR count). The van der Waals surface area contributed by atoms with Gasteiger partial charge in [0.15, 0.2) is 0 Å². The summed E-state index contributed by atoms with van der Waals surface area (Å²) in [5, 5.41) is 14.2. The van der Waals surface area contributed by atoms with Gasteiger partial charge in [-0.05, 0) is 19.9 Å². The van der Waals surface area contributed by atoms with Crippen molar-refractivity contribution in [1.29, 1.82) is 0 Å². The van der Waals surface area contributed by atoms with Crippen LogP contribution >= 0.6 is 0 Å². The lowest BCUT2D eigenvalue weighted by molar-refractivity contribution is -0.385. The highest BCUT2D eigenvalue weighted by molar-refractivity contribution is 7.89. The van der Waals surface area contributed by atoms with E-state index in [1.54, 1.807) is 0 Å². The van der Waals surface area contributed by atoms with E-state index in [1.807, 2.05) is 18.7 Å². The van der Waals surface area contributed by atoms with Crippen LogP contribution in [-0.4, -0.2) is 56.9 Å². The zero-order valence-corrected chi connectivity index (χ0v) is 14.2. The lowest BCUT2D eigenvalue weighted by atomic mass is 10.2. The Morgan fingerprint density at radius 1 is 1.26 bits per heavy atom. The molecule has 0 saturated carbocycles. The number of nitro groups is 1. The van der Waals surface area contributed by atoms with Gasteiger partial charge in [-0.1, -0.05) is 0 Å². The van der Waals surface area contributed by atoms with Gasteiger partial charge in [-0.15, -0.1) is 0 Å². The molecular weight excluding hydrogens is 320 g/mol. The highest BCUT2D eigenvalue weighted by Gasteiger charge is 2.31. The van der Waals surface area contributed by atoms with Gasteiger partial charge in [0.25, 0.3) is 5.69 Å². The molecule has 1 heterocycles. The second-order valence-corrected chi connectivity index (χ2v) is 7.14. The van der Waals surface area contributed by atoms with Crippen molar-refractivity contribution >= 4 is 21.4 Å². The number of benzene rings is 1. The van der Waals surface area contributed by atoms with Crippen molar-refractivity contribution in [3.63, 3.8) is 0 Å². The molecule has 8 nitrogen and oxygen atoms in total. The van der Waals surface area contributed by atoms with E-state index >= 15 is 0 Å². The van der Waals surface area contributed by atoms with Gasteiger partial charge < -0.3 is 10.2 Å². The van der Waals surface area contributed by atoms with Crippen LogP contribution in [0.25, 0.3) is 0 Å². The molecule has 128 valence electrons. The molecule has 23 heavy (non-hydrogen) atoms. The first kappa shape index (κ1) is 17.6. The first-order valence-corrected chi connectivity index (χ1v) is 9.10. The summed E-state index contributed by atoms with van der Waals surface area (Å²) < 4.78 is 27.3. The third kappa shape index (κ3) is 3.62. The predicted molar refractivity (Wildman–Crippen MR) is 88.3 cm³/mol. The van der Waals surface area contributed by atoms with Gasteiger partial charge in [0, 0.05) is 51.4 Å². The van der Waals surface area contributed by atoms with Crippen LogP contribution < -0.4 is 10.2 Å². The molecule has 0 radical (unpaired) electrons. The fourth-order valence-electron chi connectivity index (χ4n) is 2.67. The molecule has 1 aliphatic rings. The number of piperazine rings is 1. The van der Waals surface area contributed by atoms with E-state index in [0.29, 0.717) is 45.0 Å². The Morgan fingerprint density at radius 3 is 2.39 bits per heavy atom. The van der Waals surface area contributed by atoms with Crippen molar-refractivity contribution in [3.05, 3.63) is 28.3 Å². The number of hydrogen-bond donors (Lipinski definition) is 1. The Hall–Kier alpha value is -1.71. The van der Waals surface area contributed by atoms with Gasteiger partial charge in [0.05, 0.1) is 10.6 Å². The van der Waals surface area contributed by atoms with E-state index in [0.717, 1.165) is 0 Å². The Balaban J connectivity index is 2.56. The largest absolute Gasteiger partial charge is 0.371 e. The van der Waals surface area contributed by atoms with E-state index < -0.39 is 14.9 Å². The number of rotatable bonds is 6. The molecule has 0 aliphatic carbocycles. The van der Waals surface area contributed by atoms with Gasteiger partial charge in [-0.2, -0.15) is 4.31 Å². The summed E-state index contributed by atoms with van der Waals surface area (Å²) in [6.07, 6.45) is 0. The number of hydrogen-bond acceptors (Lipinski definition) is 6. The van der Waals surface area contributed by atoms with E-state index in [2.05, 4.69) is 5.32 Å². The smallest absolute Gasteiger partial charge is 0.270 e. The van der Waals surface area contributed by atoms with Crippen LogP contribution in [0.15, 0.2) is 23.1 Å². The van der Waals surface area contributed by atoms with Crippen molar-refractivity contribution < 1.29 is 13.3 Å². The predicted octanol–water partition coefficient (Wildman–Crippen LogP) is 1.03. The quantitative estimate of drug-likeness (QED) is 0.613. The maximum Gasteiger partial charge on any atom is 0.270 e. The molecule has 1 saturated heterocycles. The van der Waals surface area contributed by atoms with Crippen LogP contribution in [0.2, 0.25) is 0 Å². The lowest BCUT2D eigenvalue weighted by Gasteiger charge is -2.29. The summed E-state index contributed by atoms with van der Waals surface area (Å²) in [5.74, 6) is 0. The van der Waals surface area contributed by atoms with Crippen molar-refractivity contribution in [2.24, 2.45) is 0 Å². The normalized spacial score (nSPS) is 16.3. The number of anilines is 1. The van der Waals surface area contributed by atoms with E-state index in [4.69, 9.17) is 0 Å². The Morgan fingerprint density at radius 2 is 1.87 bits per heavy atom. The summed E-state index contributed by atoms with van der Waals surface area (Å²) >= 11 is 0. The third-order valence-electron chi connectivity index (χ3n) is 3.95. The molecule has 1 aliphatic heterocycles. The highest BCUT2D eigenvalue weighted by Crippen LogP contribution is 2.31. The Kier molecular flexibility index (Phi) is 5.55. The summed E-state index contributed by atoms with van der Waals surface area (Å²) in [6.45, 7) is 6.98. The van der Waals surface area contributed by atoms with Gasteiger partial charge >= 0.3 is 0 Å². The molecule has 1 fully saturated rings. The molecule has 9 heteroatoms. The monoisotopic (exact) mass is 342 g/mol. The minimum Gasteiger partial charge on any atom is -0.371 e. The lowest BCUT2D eigenvalue weighted by Crippen LogP contribution is -2.46. The van der Waals surface area contributed by atoms with Crippen molar-refractivity contribution in [2.75, 3.05) is 44.2 Å². The first-order valence-electron chi connectivity index (χ1n) is 7.66. The molecule has 1 aromatic carbocycles. The van der Waals surface area contributed by atoms with E-state index in [1.165, 1.54) is 22.5 Å². The number of sulfonamides is 1. The summed E-state index contributed by atoms with van der Waals surface area (Å²) in [5.41, 5.74) is 0.300. The Bertz CT molecular complexity index is 667. The molecule has 0 amide bonds. The highest BCUT2D eigenvalue weighted by atomic mass is 32.2. The molecular formula is C14H22N4O4S. The summed E-state index contributed by atoms with van der Waals surface area (Å²) in [7, 11) is -3.77. The number of nitrogens with one attached hydrogen (secondary N) is 1. The standard InChI is InChI=1S/C14H22N4O4S/c1-3-16(4-2)13-6-5-12(18(19)20)11-14(13)23(21,22)17-9-7-15-8-10-17/h5-6,11,15H,3-4,7-10H2,1-2H3. The zero-order chi connectivity index (χ0) is 17.0. The Labute approximate surface area is 136 Å².